The van der Waals surface area contributed by atoms with E-state index in [-0.39, 0.29) is 12.6 Å². The molecule has 7 heteroatoms. The van der Waals surface area contributed by atoms with Gasteiger partial charge in [-0.05, 0) is 30.0 Å². The SMILES string of the molecule is N[C@@H](CCc1cccnc1)[P+](O)(O)C[C@@H](Cc1ccccc1)C(=O)O. The maximum absolute atomic E-state index is 11.5. The van der Waals surface area contributed by atoms with Crippen LogP contribution < -0.4 is 5.73 Å². The summed E-state index contributed by atoms with van der Waals surface area (Å²) in [7, 11) is -3.54. The molecule has 0 spiro atoms. The van der Waals surface area contributed by atoms with Gasteiger partial charge in [0.1, 0.15) is 6.16 Å². The second-order valence-corrected chi connectivity index (χ2v) is 8.76. The summed E-state index contributed by atoms with van der Waals surface area (Å²) in [6, 6.07) is 12.9. The molecule has 2 rings (SSSR count). The van der Waals surface area contributed by atoms with Crippen LogP contribution in [0.5, 0.6) is 0 Å². The van der Waals surface area contributed by atoms with E-state index in [9.17, 15) is 19.7 Å². The van der Waals surface area contributed by atoms with Crippen LogP contribution in [0.15, 0.2) is 54.9 Å². The summed E-state index contributed by atoms with van der Waals surface area (Å²) in [6.45, 7) is 0. The van der Waals surface area contributed by atoms with E-state index in [0.717, 1.165) is 11.1 Å². The number of pyridine rings is 1. The molecule has 2 aromatic rings. The molecule has 1 aromatic heterocycles. The molecule has 0 saturated heterocycles. The van der Waals surface area contributed by atoms with Crippen LogP contribution in [0.3, 0.4) is 0 Å². The molecule has 25 heavy (non-hydrogen) atoms. The first-order chi connectivity index (χ1) is 11.9. The van der Waals surface area contributed by atoms with Gasteiger partial charge in [-0.3, -0.25) is 15.5 Å². The lowest BCUT2D eigenvalue weighted by molar-refractivity contribution is -0.141. The number of aliphatic carboxylic acids is 1. The van der Waals surface area contributed by atoms with Gasteiger partial charge < -0.3 is 5.11 Å². The van der Waals surface area contributed by atoms with Gasteiger partial charge in [-0.2, -0.15) is 0 Å². The number of nitrogens with two attached hydrogens (primary N) is 1. The number of carboxylic acids is 1. The fourth-order valence-electron chi connectivity index (χ4n) is 2.66. The molecule has 1 aromatic carbocycles. The third kappa shape index (κ3) is 6.18. The number of nitrogens with zero attached hydrogens (tertiary/aromatic N) is 1. The van der Waals surface area contributed by atoms with Crippen molar-refractivity contribution in [2.75, 3.05) is 6.16 Å². The molecule has 0 aliphatic heterocycles. The van der Waals surface area contributed by atoms with Crippen molar-refractivity contribution in [1.29, 1.82) is 0 Å². The highest BCUT2D eigenvalue weighted by Gasteiger charge is 2.45. The lowest BCUT2D eigenvalue weighted by atomic mass is 10.0. The maximum Gasteiger partial charge on any atom is 0.310 e. The van der Waals surface area contributed by atoms with Gasteiger partial charge >= 0.3 is 5.97 Å². The molecule has 0 aliphatic rings. The van der Waals surface area contributed by atoms with Crippen LogP contribution in [-0.2, 0) is 17.6 Å². The standard InChI is InChI=1S/C18H23N2O4P/c19-17(9-8-15-7-4-10-20-12-15)25(23,24)13-16(18(21)22)11-14-5-2-1-3-6-14/h1-7,10,12,16-17,23-24H,8-9,11,13,19H2/p+1/t16-,17-/m1/s1. The number of rotatable bonds is 9. The van der Waals surface area contributed by atoms with Gasteiger partial charge in [-0.1, -0.05) is 36.4 Å². The van der Waals surface area contributed by atoms with E-state index in [1.54, 1.807) is 12.4 Å². The van der Waals surface area contributed by atoms with Crippen molar-refractivity contribution in [1.82, 2.24) is 4.98 Å². The van der Waals surface area contributed by atoms with Crippen molar-refractivity contribution < 1.29 is 19.7 Å². The van der Waals surface area contributed by atoms with Crippen molar-refractivity contribution >= 4 is 13.7 Å². The summed E-state index contributed by atoms with van der Waals surface area (Å²) < 4.78 is 0. The van der Waals surface area contributed by atoms with Crippen LogP contribution in [0.1, 0.15) is 17.5 Å². The predicted molar refractivity (Wildman–Crippen MR) is 98.0 cm³/mol. The van der Waals surface area contributed by atoms with E-state index in [2.05, 4.69) is 4.98 Å². The third-order valence-corrected chi connectivity index (χ3v) is 6.44. The van der Waals surface area contributed by atoms with Crippen LogP contribution in [0.4, 0.5) is 0 Å². The Bertz CT molecular complexity index is 667. The molecule has 0 unspecified atom stereocenters. The van der Waals surface area contributed by atoms with Crippen molar-refractivity contribution in [3.05, 3.63) is 66.0 Å². The Morgan fingerprint density at radius 2 is 1.80 bits per heavy atom. The molecule has 6 nitrogen and oxygen atoms in total. The summed E-state index contributed by atoms with van der Waals surface area (Å²) >= 11 is 0. The number of aromatic nitrogens is 1. The topological polar surface area (TPSA) is 117 Å². The van der Waals surface area contributed by atoms with Crippen LogP contribution >= 0.6 is 7.72 Å². The van der Waals surface area contributed by atoms with Gasteiger partial charge in [0.15, 0.2) is 5.78 Å². The average molecular weight is 363 g/mol. The number of aryl methyl sites for hydroxylation is 1. The van der Waals surface area contributed by atoms with Gasteiger partial charge in [0, 0.05) is 18.8 Å². The molecular formula is C18H24N2O4P+. The second-order valence-electron chi connectivity index (χ2n) is 6.16. The fraction of sp³-hybridized carbons (Fsp3) is 0.333. The first-order valence-electron chi connectivity index (χ1n) is 8.13. The highest BCUT2D eigenvalue weighted by atomic mass is 31.2. The summed E-state index contributed by atoms with van der Waals surface area (Å²) in [4.78, 5) is 36.4. The summed E-state index contributed by atoms with van der Waals surface area (Å²) in [5, 5.41) is 9.43. The summed E-state index contributed by atoms with van der Waals surface area (Å²) in [6.07, 6.45) is 4.33. The third-order valence-electron chi connectivity index (χ3n) is 4.15. The fourth-order valence-corrected chi connectivity index (χ4v) is 4.40. The van der Waals surface area contributed by atoms with Gasteiger partial charge in [0.05, 0.1) is 5.92 Å². The monoisotopic (exact) mass is 363 g/mol. The van der Waals surface area contributed by atoms with E-state index >= 15 is 0 Å². The minimum absolute atomic E-state index is 0.217. The highest BCUT2D eigenvalue weighted by Crippen LogP contribution is 2.55. The molecule has 0 fully saturated rings. The van der Waals surface area contributed by atoms with E-state index in [4.69, 9.17) is 5.73 Å². The largest absolute Gasteiger partial charge is 0.481 e. The molecule has 5 N–H and O–H groups in total. The molecular weight excluding hydrogens is 339 g/mol. The number of carbonyl (C=O) groups is 1. The predicted octanol–water partition coefficient (Wildman–Crippen LogP) is 2.07. The van der Waals surface area contributed by atoms with Crippen LogP contribution in [0, 0.1) is 5.92 Å². The molecule has 1 heterocycles. The Morgan fingerprint density at radius 1 is 1.12 bits per heavy atom. The van der Waals surface area contributed by atoms with E-state index in [1.165, 1.54) is 0 Å². The molecule has 0 bridgehead atoms. The minimum atomic E-state index is -3.54. The van der Waals surface area contributed by atoms with Crippen molar-refractivity contribution in [3.63, 3.8) is 0 Å². The smallest absolute Gasteiger partial charge is 0.310 e. The zero-order valence-corrected chi connectivity index (χ0v) is 14.8. The van der Waals surface area contributed by atoms with Gasteiger partial charge in [0.25, 0.3) is 7.72 Å². The molecule has 0 radical (unpaired) electrons. The minimum Gasteiger partial charge on any atom is -0.481 e. The van der Waals surface area contributed by atoms with E-state index < -0.39 is 25.4 Å². The maximum atomic E-state index is 11.5. The Morgan fingerprint density at radius 3 is 2.40 bits per heavy atom. The summed E-state index contributed by atoms with van der Waals surface area (Å²) in [5.41, 5.74) is 7.78. The lowest BCUT2D eigenvalue weighted by Crippen LogP contribution is -2.31. The number of benzene rings is 1. The number of carboxylic acid groups (broad SMARTS) is 1. The van der Waals surface area contributed by atoms with Crippen molar-refractivity contribution in [3.8, 4) is 0 Å². The Labute approximate surface area is 147 Å². The van der Waals surface area contributed by atoms with Gasteiger partial charge in [-0.15, -0.1) is 0 Å². The first-order valence-corrected chi connectivity index (χ1v) is 10.1. The molecule has 2 atom stereocenters. The number of hydrogen-bond acceptors (Lipinski definition) is 5. The van der Waals surface area contributed by atoms with Gasteiger partial charge in [-0.25, -0.2) is 9.79 Å². The molecule has 0 saturated carbocycles. The normalized spacial score (nSPS) is 14.0. The Balaban J connectivity index is 1.97. The lowest BCUT2D eigenvalue weighted by Gasteiger charge is -2.22. The zero-order valence-electron chi connectivity index (χ0n) is 13.9. The second kappa shape index (κ2) is 9.02. The Hall–Kier alpha value is -1.85. The highest BCUT2D eigenvalue weighted by molar-refractivity contribution is 7.65. The van der Waals surface area contributed by atoms with E-state index in [0.29, 0.717) is 12.8 Å². The van der Waals surface area contributed by atoms with Gasteiger partial charge in [0.2, 0.25) is 0 Å². The van der Waals surface area contributed by atoms with Crippen molar-refractivity contribution in [2.24, 2.45) is 11.7 Å². The van der Waals surface area contributed by atoms with Crippen molar-refractivity contribution in [2.45, 2.75) is 25.0 Å². The Kier molecular flexibility index (Phi) is 7.02. The zero-order chi connectivity index (χ0) is 18.3. The first kappa shape index (κ1) is 19.5. The quantitative estimate of drug-likeness (QED) is 0.507. The van der Waals surface area contributed by atoms with Crippen LogP contribution in [0.25, 0.3) is 0 Å². The molecule has 134 valence electrons. The van der Waals surface area contributed by atoms with Crippen LogP contribution in [-0.4, -0.2) is 37.8 Å². The average Bonchev–Trinajstić information content (AvgIpc) is 2.60. The van der Waals surface area contributed by atoms with E-state index in [1.807, 2.05) is 42.5 Å². The van der Waals surface area contributed by atoms with Crippen LogP contribution in [0.2, 0.25) is 0 Å². The molecule has 0 aliphatic carbocycles. The number of hydrogen-bond donors (Lipinski definition) is 4. The summed E-state index contributed by atoms with van der Waals surface area (Å²) in [5.74, 6) is -2.77. The molecule has 0 amide bonds.